The number of carbonyl (C=O) groups is 1. The van der Waals surface area contributed by atoms with E-state index in [0.717, 1.165) is 18.4 Å². The highest BCUT2D eigenvalue weighted by Gasteiger charge is 2.11. The van der Waals surface area contributed by atoms with E-state index in [2.05, 4.69) is 11.7 Å². The second kappa shape index (κ2) is 4.75. The topological polar surface area (TPSA) is 34.4 Å². The molecule has 3 heteroatoms. The van der Waals surface area contributed by atoms with E-state index in [-0.39, 0.29) is 5.78 Å². The average molecular weight is 214 g/mol. The molecule has 2 heterocycles. The van der Waals surface area contributed by atoms with Gasteiger partial charge in [0.25, 0.3) is 0 Å². The van der Waals surface area contributed by atoms with Crippen LogP contribution in [-0.2, 0) is 0 Å². The minimum atomic E-state index is 0.156. The zero-order valence-corrected chi connectivity index (χ0v) is 9.10. The third-order valence-electron chi connectivity index (χ3n) is 2.54. The molecule has 0 atom stereocenters. The summed E-state index contributed by atoms with van der Waals surface area (Å²) in [6.45, 7) is 3.64. The molecular weight excluding hydrogens is 200 g/mol. The number of Topliss-reactive ketones (excluding diaryl/α,β-unsaturated/α-hetero) is 1. The third kappa shape index (κ3) is 2.03. The maximum Gasteiger partial charge on any atom is 0.166 e. The molecule has 82 valence electrons. The minimum Gasteiger partial charge on any atom is -0.294 e. The van der Waals surface area contributed by atoms with Gasteiger partial charge in [-0.05, 0) is 25.0 Å². The summed E-state index contributed by atoms with van der Waals surface area (Å²) in [5.74, 6) is 0.156. The summed E-state index contributed by atoms with van der Waals surface area (Å²) in [4.78, 5) is 11.9. The SMILES string of the molecule is C=CCCCC(=O)c1cnn2ccccc12. The highest BCUT2D eigenvalue weighted by atomic mass is 16.1. The summed E-state index contributed by atoms with van der Waals surface area (Å²) in [5, 5.41) is 4.14. The van der Waals surface area contributed by atoms with Gasteiger partial charge in [-0.2, -0.15) is 5.10 Å². The summed E-state index contributed by atoms with van der Waals surface area (Å²) in [5.41, 5.74) is 1.59. The van der Waals surface area contributed by atoms with Gasteiger partial charge in [0.1, 0.15) is 0 Å². The molecule has 2 aromatic rings. The molecule has 0 aliphatic rings. The number of hydrogen-bond donors (Lipinski definition) is 0. The number of aromatic nitrogens is 2. The van der Waals surface area contributed by atoms with Gasteiger partial charge in [0.15, 0.2) is 5.78 Å². The summed E-state index contributed by atoms with van der Waals surface area (Å²) in [7, 11) is 0. The molecular formula is C13H14N2O. The van der Waals surface area contributed by atoms with Crippen LogP contribution in [0.25, 0.3) is 5.52 Å². The van der Waals surface area contributed by atoms with Crippen molar-refractivity contribution in [2.45, 2.75) is 19.3 Å². The number of allylic oxidation sites excluding steroid dienone is 1. The van der Waals surface area contributed by atoms with Crippen LogP contribution in [-0.4, -0.2) is 15.4 Å². The fourth-order valence-electron chi connectivity index (χ4n) is 1.69. The highest BCUT2D eigenvalue weighted by Crippen LogP contribution is 2.13. The quantitative estimate of drug-likeness (QED) is 0.435. The van der Waals surface area contributed by atoms with Crippen molar-refractivity contribution in [1.82, 2.24) is 9.61 Å². The Bertz CT molecular complexity index is 513. The fourth-order valence-corrected chi connectivity index (χ4v) is 1.69. The Hall–Kier alpha value is -1.90. The van der Waals surface area contributed by atoms with Crippen molar-refractivity contribution in [3.8, 4) is 0 Å². The summed E-state index contributed by atoms with van der Waals surface area (Å²) >= 11 is 0. The van der Waals surface area contributed by atoms with Crippen LogP contribution in [0.5, 0.6) is 0 Å². The summed E-state index contributed by atoms with van der Waals surface area (Å²) in [6.07, 6.45) is 7.62. The van der Waals surface area contributed by atoms with Crippen molar-refractivity contribution in [2.75, 3.05) is 0 Å². The Balaban J connectivity index is 2.19. The average Bonchev–Trinajstić information content (AvgIpc) is 2.73. The molecule has 2 rings (SSSR count). The first kappa shape index (κ1) is 10.6. The van der Waals surface area contributed by atoms with Crippen LogP contribution in [0.3, 0.4) is 0 Å². The molecule has 0 unspecified atom stereocenters. The first-order chi connectivity index (χ1) is 7.83. The summed E-state index contributed by atoms with van der Waals surface area (Å²) in [6, 6.07) is 5.72. The van der Waals surface area contributed by atoms with Crippen LogP contribution in [0, 0.1) is 0 Å². The van der Waals surface area contributed by atoms with Gasteiger partial charge in [-0.15, -0.1) is 6.58 Å². The predicted octanol–water partition coefficient (Wildman–Crippen LogP) is 2.87. The molecule has 0 aliphatic carbocycles. The molecule has 0 radical (unpaired) electrons. The number of rotatable bonds is 5. The molecule has 0 aliphatic heterocycles. The Morgan fingerprint density at radius 2 is 2.38 bits per heavy atom. The zero-order valence-electron chi connectivity index (χ0n) is 9.10. The number of hydrogen-bond acceptors (Lipinski definition) is 2. The van der Waals surface area contributed by atoms with Crippen molar-refractivity contribution >= 4 is 11.3 Å². The van der Waals surface area contributed by atoms with Crippen LogP contribution in [0.4, 0.5) is 0 Å². The van der Waals surface area contributed by atoms with Crippen LogP contribution < -0.4 is 0 Å². The lowest BCUT2D eigenvalue weighted by molar-refractivity contribution is 0.0982. The van der Waals surface area contributed by atoms with Gasteiger partial charge >= 0.3 is 0 Å². The molecule has 0 bridgehead atoms. The van der Waals surface area contributed by atoms with Crippen LogP contribution in [0.2, 0.25) is 0 Å². The molecule has 0 saturated heterocycles. The summed E-state index contributed by atoms with van der Waals surface area (Å²) < 4.78 is 1.72. The van der Waals surface area contributed by atoms with Gasteiger partial charge in [0.05, 0.1) is 17.3 Å². The van der Waals surface area contributed by atoms with Gasteiger partial charge in [-0.25, -0.2) is 4.52 Å². The van der Waals surface area contributed by atoms with E-state index < -0.39 is 0 Å². The first-order valence-electron chi connectivity index (χ1n) is 5.39. The molecule has 0 N–H and O–H groups in total. The van der Waals surface area contributed by atoms with E-state index in [4.69, 9.17) is 0 Å². The van der Waals surface area contributed by atoms with Gasteiger partial charge in [0, 0.05) is 12.6 Å². The van der Waals surface area contributed by atoms with Crippen LogP contribution >= 0.6 is 0 Å². The Kier molecular flexibility index (Phi) is 3.15. The van der Waals surface area contributed by atoms with E-state index in [1.807, 2.05) is 30.5 Å². The molecule has 3 nitrogen and oxygen atoms in total. The van der Waals surface area contributed by atoms with E-state index in [1.54, 1.807) is 10.7 Å². The number of pyridine rings is 1. The monoisotopic (exact) mass is 214 g/mol. The lowest BCUT2D eigenvalue weighted by Gasteiger charge is -1.97. The minimum absolute atomic E-state index is 0.156. The number of fused-ring (bicyclic) bond motifs is 1. The Labute approximate surface area is 94.4 Å². The standard InChI is InChI=1S/C13H14N2O/c1-2-3-4-8-13(16)11-10-14-15-9-6-5-7-12(11)15/h2,5-7,9-10H,1,3-4,8H2. The molecule has 0 fully saturated rings. The molecule has 0 aromatic carbocycles. The number of ketones is 1. The Morgan fingerprint density at radius 1 is 1.50 bits per heavy atom. The van der Waals surface area contributed by atoms with Crippen molar-refractivity contribution in [3.05, 3.63) is 48.8 Å². The third-order valence-corrected chi connectivity index (χ3v) is 2.54. The van der Waals surface area contributed by atoms with Gasteiger partial charge in [-0.3, -0.25) is 4.79 Å². The largest absolute Gasteiger partial charge is 0.294 e. The number of unbranched alkanes of at least 4 members (excludes halogenated alkanes) is 1. The number of carbonyl (C=O) groups excluding carboxylic acids is 1. The number of nitrogens with zero attached hydrogens (tertiary/aromatic N) is 2. The molecule has 0 amide bonds. The highest BCUT2D eigenvalue weighted by molar-refractivity contribution is 6.02. The maximum atomic E-state index is 11.9. The van der Waals surface area contributed by atoms with Crippen molar-refractivity contribution in [1.29, 1.82) is 0 Å². The lowest BCUT2D eigenvalue weighted by atomic mass is 10.1. The van der Waals surface area contributed by atoms with Crippen molar-refractivity contribution in [2.24, 2.45) is 0 Å². The molecule has 16 heavy (non-hydrogen) atoms. The molecule has 2 aromatic heterocycles. The second-order valence-electron chi connectivity index (χ2n) is 3.69. The van der Waals surface area contributed by atoms with Crippen molar-refractivity contribution < 1.29 is 4.79 Å². The van der Waals surface area contributed by atoms with Crippen LogP contribution in [0.15, 0.2) is 43.2 Å². The van der Waals surface area contributed by atoms with Crippen LogP contribution in [0.1, 0.15) is 29.6 Å². The fraction of sp³-hybridized carbons (Fsp3) is 0.231. The molecule has 0 spiro atoms. The van der Waals surface area contributed by atoms with Gasteiger partial charge < -0.3 is 0 Å². The van der Waals surface area contributed by atoms with E-state index in [0.29, 0.717) is 12.0 Å². The van der Waals surface area contributed by atoms with Gasteiger partial charge in [0.2, 0.25) is 0 Å². The van der Waals surface area contributed by atoms with Crippen molar-refractivity contribution in [3.63, 3.8) is 0 Å². The van der Waals surface area contributed by atoms with Gasteiger partial charge in [-0.1, -0.05) is 12.1 Å². The first-order valence-corrected chi connectivity index (χ1v) is 5.39. The zero-order chi connectivity index (χ0) is 11.4. The lowest BCUT2D eigenvalue weighted by Crippen LogP contribution is -1.98. The van der Waals surface area contributed by atoms with E-state index in [9.17, 15) is 4.79 Å². The normalized spacial score (nSPS) is 10.5. The maximum absolute atomic E-state index is 11.9. The van der Waals surface area contributed by atoms with E-state index >= 15 is 0 Å². The Morgan fingerprint density at radius 3 is 3.19 bits per heavy atom. The predicted molar refractivity (Wildman–Crippen MR) is 63.6 cm³/mol. The second-order valence-corrected chi connectivity index (χ2v) is 3.69. The smallest absolute Gasteiger partial charge is 0.166 e. The van der Waals surface area contributed by atoms with E-state index in [1.165, 1.54) is 0 Å². The molecule has 0 saturated carbocycles.